The highest BCUT2D eigenvalue weighted by molar-refractivity contribution is 6.38. The molecule has 5 rings (SSSR count). The second-order valence-electron chi connectivity index (χ2n) is 8.43. The summed E-state index contributed by atoms with van der Waals surface area (Å²) in [5, 5.41) is 15.1. The molecule has 0 aliphatic carbocycles. The first-order chi connectivity index (χ1) is 19.3. The van der Waals surface area contributed by atoms with Crippen molar-refractivity contribution in [3.63, 3.8) is 0 Å². The predicted octanol–water partition coefficient (Wildman–Crippen LogP) is 4.78. The number of nitrogens with zero attached hydrogens (tertiary/aromatic N) is 3. The zero-order chi connectivity index (χ0) is 28.4. The molecule has 0 spiro atoms. The van der Waals surface area contributed by atoms with Crippen LogP contribution in [0.1, 0.15) is 21.7 Å². The zero-order valence-electron chi connectivity index (χ0n) is 20.6. The van der Waals surface area contributed by atoms with Gasteiger partial charge < -0.3 is 9.84 Å². The number of halogens is 3. The van der Waals surface area contributed by atoms with Crippen LogP contribution in [-0.2, 0) is 6.54 Å². The topological polar surface area (TPSA) is 150 Å². The molecule has 0 atom stereocenters. The normalized spacial score (nSPS) is 11.6. The van der Waals surface area contributed by atoms with E-state index in [4.69, 9.17) is 27.7 Å². The lowest BCUT2D eigenvalue weighted by Crippen LogP contribution is -2.24. The van der Waals surface area contributed by atoms with Crippen LogP contribution < -0.4 is 21.8 Å². The fourth-order valence-electron chi connectivity index (χ4n) is 4.10. The van der Waals surface area contributed by atoms with Crippen molar-refractivity contribution in [1.29, 1.82) is 0 Å². The number of anilines is 1. The Hall–Kier alpha value is -4.65. The van der Waals surface area contributed by atoms with Crippen LogP contribution in [0.15, 0.2) is 75.0 Å². The van der Waals surface area contributed by atoms with Gasteiger partial charge in [0.2, 0.25) is 11.7 Å². The number of amides is 1. The van der Waals surface area contributed by atoms with E-state index in [1.54, 1.807) is 42.5 Å². The van der Waals surface area contributed by atoms with E-state index in [2.05, 4.69) is 25.9 Å². The van der Waals surface area contributed by atoms with Gasteiger partial charge in [-0.3, -0.25) is 30.7 Å². The number of nitrogens with one attached hydrogen (secondary N) is 4. The molecule has 14 heteroatoms. The van der Waals surface area contributed by atoms with Gasteiger partial charge in [0.15, 0.2) is 5.84 Å². The smallest absolute Gasteiger partial charge is 0.308 e. The maximum Gasteiger partial charge on any atom is 0.308 e. The van der Waals surface area contributed by atoms with Crippen molar-refractivity contribution in [1.82, 2.24) is 20.3 Å². The molecule has 0 aliphatic rings. The third kappa shape index (κ3) is 5.27. The van der Waals surface area contributed by atoms with Crippen molar-refractivity contribution in [2.24, 2.45) is 4.99 Å². The first-order valence-electron chi connectivity index (χ1n) is 11.7. The van der Waals surface area contributed by atoms with Crippen LogP contribution in [0.3, 0.4) is 0 Å². The molecule has 5 aromatic rings. The van der Waals surface area contributed by atoms with E-state index in [1.807, 2.05) is 5.48 Å². The second-order valence-corrected chi connectivity index (χ2v) is 9.27. The van der Waals surface area contributed by atoms with Gasteiger partial charge >= 0.3 is 5.91 Å². The summed E-state index contributed by atoms with van der Waals surface area (Å²) in [6.45, 7) is 0.00751. The molecule has 0 saturated heterocycles. The lowest BCUT2D eigenvalue weighted by atomic mass is 9.97. The number of imidazole rings is 1. The quantitative estimate of drug-likeness (QED) is 0.105. The Labute approximate surface area is 235 Å². The Morgan fingerprint density at radius 3 is 2.67 bits per heavy atom. The molecule has 5 N–H and O–H groups in total. The van der Waals surface area contributed by atoms with Gasteiger partial charge in [0.25, 0.3) is 5.56 Å². The Bertz CT molecular complexity index is 1830. The van der Waals surface area contributed by atoms with Crippen molar-refractivity contribution < 1.29 is 18.9 Å². The summed E-state index contributed by atoms with van der Waals surface area (Å²) in [7, 11) is 1.46. The summed E-state index contributed by atoms with van der Waals surface area (Å²) in [4.78, 5) is 32.5. The van der Waals surface area contributed by atoms with Gasteiger partial charge in [-0.25, -0.2) is 14.1 Å². The van der Waals surface area contributed by atoms with Gasteiger partial charge in [-0.2, -0.15) is 5.16 Å². The van der Waals surface area contributed by atoms with Crippen molar-refractivity contribution in [3.8, 4) is 11.1 Å². The molecule has 0 radical (unpaired) electrons. The number of amidine groups is 1. The molecule has 1 amide bonds. The molecule has 40 heavy (non-hydrogen) atoms. The monoisotopic (exact) mass is 583 g/mol. The fourth-order valence-corrected chi connectivity index (χ4v) is 4.68. The number of aliphatic imine (C=N–C) groups is 1. The summed E-state index contributed by atoms with van der Waals surface area (Å²) in [5.41, 5.74) is 6.74. The van der Waals surface area contributed by atoms with E-state index in [0.29, 0.717) is 38.3 Å². The molecule has 2 aromatic heterocycles. The van der Waals surface area contributed by atoms with E-state index >= 15 is 4.39 Å². The highest BCUT2D eigenvalue weighted by Crippen LogP contribution is 2.34. The molecule has 0 bridgehead atoms. The number of para-hydroxylation sites is 2. The highest BCUT2D eigenvalue weighted by atomic mass is 35.5. The fraction of sp³-hybridized carbons (Fsp3) is 0.0769. The Kier molecular flexibility index (Phi) is 7.56. The van der Waals surface area contributed by atoms with Crippen molar-refractivity contribution in [3.05, 3.63) is 104 Å². The minimum atomic E-state index is -0.691. The first-order valence-corrected chi connectivity index (χ1v) is 12.4. The van der Waals surface area contributed by atoms with Crippen molar-refractivity contribution in [2.45, 2.75) is 6.54 Å². The van der Waals surface area contributed by atoms with E-state index < -0.39 is 17.3 Å². The van der Waals surface area contributed by atoms with Crippen LogP contribution >= 0.6 is 23.2 Å². The third-order valence-corrected chi connectivity index (χ3v) is 6.46. The molecule has 0 fully saturated rings. The minimum absolute atomic E-state index is 0.00751. The zero-order valence-corrected chi connectivity index (χ0v) is 22.1. The van der Waals surface area contributed by atoms with Gasteiger partial charge in [-0.1, -0.05) is 47.5 Å². The Morgan fingerprint density at radius 2 is 1.98 bits per heavy atom. The lowest BCUT2D eigenvalue weighted by Gasteiger charge is -2.15. The highest BCUT2D eigenvalue weighted by Gasteiger charge is 2.19. The maximum absolute atomic E-state index is 15.3. The SMILES string of the molecule is CN=C(NO)c1c(Cl)cc(Cl)cc1-c1ccc(CNc2nc3ccccc3n2NC(=O)c2cc(=O)[nH]o2)c(F)c1. The number of H-pyrrole nitrogens is 1. The molecule has 0 unspecified atom stereocenters. The summed E-state index contributed by atoms with van der Waals surface area (Å²) in [5.74, 6) is -1.15. The standard InChI is InChI=1S/C26H20Cl2FN7O4/c1-30-24(34-39)23-16(9-15(27)10-17(23)28)13-6-7-14(18(29)8-13)12-31-26-32-19-4-2-3-5-20(19)36(26)33-25(38)21-11-22(37)35-40-21/h2-11,39H,12H2,1H3,(H,30,34)(H,31,32)(H,33,38)(H,35,37). The number of hydroxylamine groups is 1. The van der Waals surface area contributed by atoms with E-state index in [9.17, 15) is 14.8 Å². The van der Waals surface area contributed by atoms with E-state index in [-0.39, 0.29) is 29.1 Å². The van der Waals surface area contributed by atoms with E-state index in [1.165, 1.54) is 23.9 Å². The molecule has 11 nitrogen and oxygen atoms in total. The number of hydrogen-bond donors (Lipinski definition) is 5. The number of aromatic amines is 1. The molecule has 204 valence electrons. The number of rotatable bonds is 7. The number of fused-ring (bicyclic) bond motifs is 1. The van der Waals surface area contributed by atoms with Crippen molar-refractivity contribution >= 4 is 51.9 Å². The van der Waals surface area contributed by atoms with Gasteiger partial charge in [0, 0.05) is 29.7 Å². The largest absolute Gasteiger partial charge is 0.373 e. The summed E-state index contributed by atoms with van der Waals surface area (Å²) in [6, 6.07) is 15.7. The molecule has 0 aliphatic heterocycles. The maximum atomic E-state index is 15.3. The Balaban J connectivity index is 1.44. The second kappa shape index (κ2) is 11.2. The van der Waals surface area contributed by atoms with Gasteiger partial charge in [0.1, 0.15) is 5.82 Å². The molecular formula is C26H20Cl2FN7O4. The lowest BCUT2D eigenvalue weighted by molar-refractivity contribution is 0.0973. The number of aromatic nitrogens is 3. The molecule has 3 aromatic carbocycles. The number of carbonyl (C=O) groups excluding carboxylic acids is 1. The van der Waals surface area contributed by atoms with Crippen LogP contribution in [0, 0.1) is 5.82 Å². The summed E-state index contributed by atoms with van der Waals surface area (Å²) >= 11 is 12.6. The van der Waals surface area contributed by atoms with Crippen LogP contribution in [0.2, 0.25) is 10.0 Å². The minimum Gasteiger partial charge on any atom is -0.373 e. The molecular weight excluding hydrogens is 564 g/mol. The number of benzene rings is 3. The van der Waals surface area contributed by atoms with Crippen LogP contribution in [-0.4, -0.2) is 38.8 Å². The number of hydrogen-bond acceptors (Lipinski definition) is 7. The third-order valence-electron chi connectivity index (χ3n) is 5.94. The summed E-state index contributed by atoms with van der Waals surface area (Å²) in [6.07, 6.45) is 0. The van der Waals surface area contributed by atoms with Gasteiger partial charge in [0.05, 0.1) is 22.1 Å². The van der Waals surface area contributed by atoms with Crippen LogP contribution in [0.5, 0.6) is 0 Å². The average molecular weight is 584 g/mol. The van der Waals surface area contributed by atoms with Crippen molar-refractivity contribution in [2.75, 3.05) is 17.8 Å². The molecule has 2 heterocycles. The average Bonchev–Trinajstić information content (AvgIpc) is 3.53. The van der Waals surface area contributed by atoms with Gasteiger partial charge in [-0.15, -0.1) is 0 Å². The predicted molar refractivity (Wildman–Crippen MR) is 149 cm³/mol. The summed E-state index contributed by atoms with van der Waals surface area (Å²) < 4.78 is 21.6. The van der Waals surface area contributed by atoms with Crippen LogP contribution in [0.25, 0.3) is 22.2 Å². The Morgan fingerprint density at radius 1 is 1.18 bits per heavy atom. The van der Waals surface area contributed by atoms with Crippen LogP contribution in [0.4, 0.5) is 10.3 Å². The number of carbonyl (C=O) groups is 1. The van der Waals surface area contributed by atoms with Gasteiger partial charge in [-0.05, 0) is 41.5 Å². The molecule has 0 saturated carbocycles. The first kappa shape index (κ1) is 26.9. The van der Waals surface area contributed by atoms with E-state index in [0.717, 1.165) is 6.07 Å².